The Kier molecular flexibility index (Phi) is 3.82. The lowest BCUT2D eigenvalue weighted by Crippen LogP contribution is -2.30. The van der Waals surface area contributed by atoms with Gasteiger partial charge in [0.1, 0.15) is 11.6 Å². The fraction of sp³-hybridized carbons (Fsp3) is 0.188. The van der Waals surface area contributed by atoms with E-state index in [1.807, 2.05) is 0 Å². The van der Waals surface area contributed by atoms with E-state index < -0.39 is 6.10 Å². The first-order chi connectivity index (χ1) is 10.6. The Morgan fingerprint density at radius 2 is 1.91 bits per heavy atom. The fourth-order valence-electron chi connectivity index (χ4n) is 1.98. The number of anilines is 1. The van der Waals surface area contributed by atoms with Crippen molar-refractivity contribution in [2.24, 2.45) is 0 Å². The summed E-state index contributed by atoms with van der Waals surface area (Å²) >= 11 is 0. The zero-order valence-corrected chi connectivity index (χ0v) is 11.8. The Hall–Kier alpha value is -2.76. The van der Waals surface area contributed by atoms with E-state index in [2.05, 4.69) is 5.32 Å². The average molecular weight is 303 g/mol. The number of hydrogen-bond donors (Lipinski definition) is 1. The molecule has 3 rings (SSSR count). The van der Waals surface area contributed by atoms with Crippen LogP contribution in [-0.4, -0.2) is 18.8 Å². The summed E-state index contributed by atoms with van der Waals surface area (Å²) in [4.78, 5) is 12.0. The first kappa shape index (κ1) is 14.2. The van der Waals surface area contributed by atoms with Gasteiger partial charge >= 0.3 is 0 Å². The van der Waals surface area contributed by atoms with Crippen LogP contribution in [0.4, 0.5) is 10.1 Å². The summed E-state index contributed by atoms with van der Waals surface area (Å²) in [6, 6.07) is 10.6. The van der Waals surface area contributed by atoms with Gasteiger partial charge in [0.05, 0.1) is 0 Å². The average Bonchev–Trinajstić information content (AvgIpc) is 2.97. The van der Waals surface area contributed by atoms with Crippen LogP contribution >= 0.6 is 0 Å². The van der Waals surface area contributed by atoms with Crippen LogP contribution in [0.2, 0.25) is 0 Å². The number of amides is 1. The van der Waals surface area contributed by atoms with Crippen LogP contribution < -0.4 is 19.5 Å². The minimum atomic E-state index is -0.717. The van der Waals surface area contributed by atoms with Crippen molar-refractivity contribution < 1.29 is 23.4 Å². The molecule has 1 N–H and O–H groups in total. The Morgan fingerprint density at radius 1 is 1.18 bits per heavy atom. The van der Waals surface area contributed by atoms with E-state index in [-0.39, 0.29) is 18.5 Å². The maximum atomic E-state index is 12.8. The molecule has 1 aliphatic heterocycles. The summed E-state index contributed by atoms with van der Waals surface area (Å²) in [7, 11) is 0. The lowest BCUT2D eigenvalue weighted by atomic mass is 10.2. The number of carbonyl (C=O) groups is 1. The first-order valence-corrected chi connectivity index (χ1v) is 6.74. The Balaban J connectivity index is 1.62. The molecule has 0 saturated carbocycles. The van der Waals surface area contributed by atoms with Gasteiger partial charge in [-0.25, -0.2) is 4.39 Å². The summed E-state index contributed by atoms with van der Waals surface area (Å²) in [6.45, 7) is 1.81. The molecular formula is C16H14FNO4. The number of hydrogen-bond acceptors (Lipinski definition) is 4. The quantitative estimate of drug-likeness (QED) is 0.943. The fourth-order valence-corrected chi connectivity index (χ4v) is 1.98. The second kappa shape index (κ2) is 5.93. The number of benzene rings is 2. The minimum absolute atomic E-state index is 0.180. The highest BCUT2D eigenvalue weighted by molar-refractivity contribution is 5.94. The molecule has 0 saturated heterocycles. The molecule has 1 amide bonds. The second-order valence-corrected chi connectivity index (χ2v) is 4.77. The molecule has 1 aliphatic rings. The molecule has 114 valence electrons. The molecule has 1 heterocycles. The number of ether oxygens (including phenoxy) is 3. The molecule has 1 atom stereocenters. The summed E-state index contributed by atoms with van der Waals surface area (Å²) < 4.78 is 28.9. The third-order valence-electron chi connectivity index (χ3n) is 3.14. The summed E-state index contributed by atoms with van der Waals surface area (Å²) in [6.07, 6.45) is -0.717. The van der Waals surface area contributed by atoms with Gasteiger partial charge in [0.25, 0.3) is 5.91 Å². The molecule has 0 aliphatic carbocycles. The molecular weight excluding hydrogens is 289 g/mol. The standard InChI is InChI=1S/C16H14FNO4/c1-10(16(19)18-12-4-2-11(17)3-5-12)22-13-6-7-14-15(8-13)21-9-20-14/h2-8,10H,9H2,1H3,(H,18,19)/t10-/m0/s1. The predicted octanol–water partition coefficient (Wildman–Crippen LogP) is 2.96. The number of nitrogens with one attached hydrogen (secondary N) is 1. The third-order valence-corrected chi connectivity index (χ3v) is 3.14. The van der Waals surface area contributed by atoms with E-state index >= 15 is 0 Å². The van der Waals surface area contributed by atoms with Crippen LogP contribution in [0.3, 0.4) is 0 Å². The molecule has 0 unspecified atom stereocenters. The summed E-state index contributed by atoms with van der Waals surface area (Å²) in [5.41, 5.74) is 0.507. The number of fused-ring (bicyclic) bond motifs is 1. The predicted molar refractivity (Wildman–Crippen MR) is 77.7 cm³/mol. The van der Waals surface area contributed by atoms with Crippen LogP contribution in [0, 0.1) is 5.82 Å². The SMILES string of the molecule is C[C@H](Oc1ccc2c(c1)OCO2)C(=O)Nc1ccc(F)cc1. The molecule has 0 spiro atoms. The topological polar surface area (TPSA) is 56.8 Å². The van der Waals surface area contributed by atoms with Gasteiger partial charge in [-0.05, 0) is 43.3 Å². The van der Waals surface area contributed by atoms with Gasteiger partial charge in [0.15, 0.2) is 17.6 Å². The van der Waals surface area contributed by atoms with Crippen molar-refractivity contribution in [3.63, 3.8) is 0 Å². The smallest absolute Gasteiger partial charge is 0.265 e. The van der Waals surface area contributed by atoms with Crippen LogP contribution in [0.15, 0.2) is 42.5 Å². The highest BCUT2D eigenvalue weighted by Crippen LogP contribution is 2.35. The molecule has 0 aromatic heterocycles. The van der Waals surface area contributed by atoms with Crippen molar-refractivity contribution in [3.8, 4) is 17.2 Å². The maximum Gasteiger partial charge on any atom is 0.265 e. The third kappa shape index (κ3) is 3.11. The van der Waals surface area contributed by atoms with Crippen molar-refractivity contribution in [2.75, 3.05) is 12.1 Å². The monoisotopic (exact) mass is 303 g/mol. The number of rotatable bonds is 4. The van der Waals surface area contributed by atoms with Crippen LogP contribution in [-0.2, 0) is 4.79 Å². The first-order valence-electron chi connectivity index (χ1n) is 6.74. The summed E-state index contributed by atoms with van der Waals surface area (Å²) in [5.74, 6) is 1.05. The van der Waals surface area contributed by atoms with Crippen LogP contribution in [0.25, 0.3) is 0 Å². The van der Waals surface area contributed by atoms with Crippen molar-refractivity contribution in [1.29, 1.82) is 0 Å². The highest BCUT2D eigenvalue weighted by Gasteiger charge is 2.18. The maximum absolute atomic E-state index is 12.8. The van der Waals surface area contributed by atoms with Crippen LogP contribution in [0.1, 0.15) is 6.92 Å². The lowest BCUT2D eigenvalue weighted by Gasteiger charge is -2.15. The van der Waals surface area contributed by atoms with Crippen molar-refractivity contribution in [3.05, 3.63) is 48.3 Å². The van der Waals surface area contributed by atoms with E-state index in [0.717, 1.165) is 0 Å². The van der Waals surface area contributed by atoms with E-state index in [9.17, 15) is 9.18 Å². The summed E-state index contributed by atoms with van der Waals surface area (Å²) in [5, 5.41) is 2.65. The second-order valence-electron chi connectivity index (χ2n) is 4.77. The Bertz CT molecular complexity index is 687. The van der Waals surface area contributed by atoms with E-state index in [1.165, 1.54) is 24.3 Å². The highest BCUT2D eigenvalue weighted by atomic mass is 19.1. The molecule has 0 bridgehead atoms. The van der Waals surface area contributed by atoms with Gasteiger partial charge in [-0.15, -0.1) is 0 Å². The molecule has 0 fully saturated rings. The normalized spacial score (nSPS) is 13.5. The van der Waals surface area contributed by atoms with Crippen molar-refractivity contribution in [2.45, 2.75) is 13.0 Å². The number of halogens is 1. The van der Waals surface area contributed by atoms with E-state index in [1.54, 1.807) is 25.1 Å². The Labute approximate surface area is 126 Å². The molecule has 2 aromatic rings. The largest absolute Gasteiger partial charge is 0.481 e. The van der Waals surface area contributed by atoms with Gasteiger partial charge in [0, 0.05) is 11.8 Å². The number of carbonyl (C=O) groups excluding carboxylic acids is 1. The van der Waals surface area contributed by atoms with Gasteiger partial charge in [-0.1, -0.05) is 0 Å². The zero-order chi connectivity index (χ0) is 15.5. The van der Waals surface area contributed by atoms with E-state index in [4.69, 9.17) is 14.2 Å². The molecule has 0 radical (unpaired) electrons. The molecule has 2 aromatic carbocycles. The van der Waals surface area contributed by atoms with Gasteiger partial charge in [0.2, 0.25) is 6.79 Å². The minimum Gasteiger partial charge on any atom is -0.481 e. The van der Waals surface area contributed by atoms with Gasteiger partial charge < -0.3 is 19.5 Å². The Morgan fingerprint density at radius 3 is 2.68 bits per heavy atom. The van der Waals surface area contributed by atoms with Crippen LogP contribution in [0.5, 0.6) is 17.2 Å². The lowest BCUT2D eigenvalue weighted by molar-refractivity contribution is -0.122. The molecule has 5 nitrogen and oxygen atoms in total. The molecule has 22 heavy (non-hydrogen) atoms. The van der Waals surface area contributed by atoms with Crippen molar-refractivity contribution >= 4 is 11.6 Å². The van der Waals surface area contributed by atoms with Gasteiger partial charge in [-0.3, -0.25) is 4.79 Å². The van der Waals surface area contributed by atoms with Crippen molar-refractivity contribution in [1.82, 2.24) is 0 Å². The zero-order valence-electron chi connectivity index (χ0n) is 11.8. The van der Waals surface area contributed by atoms with E-state index in [0.29, 0.717) is 22.9 Å². The van der Waals surface area contributed by atoms with Gasteiger partial charge in [-0.2, -0.15) is 0 Å². The molecule has 6 heteroatoms.